The highest BCUT2D eigenvalue weighted by atomic mass is 16.8. The van der Waals surface area contributed by atoms with E-state index in [2.05, 4.69) is 10.2 Å². The lowest BCUT2D eigenvalue weighted by Gasteiger charge is -2.07. The molecule has 10 nitrogen and oxygen atoms in total. The standard InChI is InChI=1S/C20H16N4O6/c1-30-17-9-4-14(5-10-17)20(13-2-7-16(25)8-3-13)22-21-18-11-6-15(23(26)27)12-19(18)24(28)29/h2-12H,1H3,(H2-,21,22,25,26,27,28,29)/p+1. The van der Waals surface area contributed by atoms with Crippen LogP contribution in [0, 0.1) is 10.1 Å². The Bertz CT molecular complexity index is 1110. The van der Waals surface area contributed by atoms with Crippen molar-refractivity contribution in [3.8, 4) is 11.5 Å². The van der Waals surface area contributed by atoms with Crippen LogP contribution in [0.25, 0.3) is 0 Å². The number of rotatable bonds is 5. The molecule has 3 rings (SSSR count). The van der Waals surface area contributed by atoms with Crippen LogP contribution >= 0.6 is 0 Å². The van der Waals surface area contributed by atoms with Gasteiger partial charge in [0.1, 0.15) is 23.3 Å². The minimum atomic E-state index is -0.477. The fourth-order valence-electron chi connectivity index (χ4n) is 2.62. The Morgan fingerprint density at radius 2 is 1.60 bits per heavy atom. The number of ether oxygens (including phenoxy) is 1. The van der Waals surface area contributed by atoms with Crippen molar-refractivity contribution in [2.45, 2.75) is 0 Å². The van der Waals surface area contributed by atoms with Gasteiger partial charge in [0.2, 0.25) is 0 Å². The van der Waals surface area contributed by atoms with Gasteiger partial charge in [-0.2, -0.15) is 0 Å². The van der Waals surface area contributed by atoms with E-state index < -0.39 is 9.83 Å². The van der Waals surface area contributed by atoms with Gasteiger partial charge < -0.3 is 15.1 Å². The van der Waals surface area contributed by atoms with Crippen molar-refractivity contribution in [1.82, 2.24) is 0 Å². The van der Waals surface area contributed by atoms with Crippen LogP contribution in [-0.4, -0.2) is 49.6 Å². The third-order valence-electron chi connectivity index (χ3n) is 4.15. The number of benzene rings is 2. The molecule has 2 aromatic carbocycles. The van der Waals surface area contributed by atoms with Gasteiger partial charge in [-0.05, 0) is 54.6 Å². The number of methoxy groups -OCH3 is 1. The minimum Gasteiger partial charge on any atom is -0.508 e. The number of hydrogen-bond acceptors (Lipinski definition) is 7. The highest BCUT2D eigenvalue weighted by Gasteiger charge is 2.29. The van der Waals surface area contributed by atoms with Crippen LogP contribution in [0.3, 0.4) is 0 Å². The zero-order chi connectivity index (χ0) is 21.7. The summed E-state index contributed by atoms with van der Waals surface area (Å²) in [5.41, 5.74) is 1.03. The summed E-state index contributed by atoms with van der Waals surface area (Å²) < 4.78 is 5.16. The number of nitrogens with zero attached hydrogens (tertiary/aromatic N) is 4. The van der Waals surface area contributed by atoms with Crippen molar-refractivity contribution in [3.63, 3.8) is 0 Å². The topological polar surface area (TPSA) is 141 Å². The average Bonchev–Trinajstić information content (AvgIpc) is 2.75. The van der Waals surface area contributed by atoms with Crippen molar-refractivity contribution in [2.75, 3.05) is 7.11 Å². The van der Waals surface area contributed by atoms with Crippen LogP contribution in [0.2, 0.25) is 0 Å². The van der Waals surface area contributed by atoms with E-state index >= 15 is 0 Å². The maximum absolute atomic E-state index is 11.5. The Hall–Kier alpha value is -4.47. The highest BCUT2D eigenvalue weighted by Crippen LogP contribution is 2.19. The van der Waals surface area contributed by atoms with Gasteiger partial charge in [0, 0.05) is 22.1 Å². The fraction of sp³-hybridized carbons (Fsp3) is 0.0500. The van der Waals surface area contributed by atoms with Gasteiger partial charge in [0.05, 0.1) is 12.0 Å². The van der Waals surface area contributed by atoms with Crippen molar-refractivity contribution in [3.05, 3.63) is 93.7 Å². The summed E-state index contributed by atoms with van der Waals surface area (Å²) in [6.07, 6.45) is 3.42. The van der Waals surface area contributed by atoms with Crippen LogP contribution < -0.4 is 4.74 Å². The van der Waals surface area contributed by atoms with E-state index in [-0.39, 0.29) is 22.9 Å². The maximum Gasteiger partial charge on any atom is 0.350 e. The van der Waals surface area contributed by atoms with E-state index in [1.54, 1.807) is 43.5 Å². The van der Waals surface area contributed by atoms with Gasteiger partial charge in [0.25, 0.3) is 10.6 Å². The summed E-state index contributed by atoms with van der Waals surface area (Å²) in [4.78, 5) is 10.5. The lowest BCUT2D eigenvalue weighted by Crippen LogP contribution is -2.20. The van der Waals surface area contributed by atoms with Gasteiger partial charge in [-0.15, -0.1) is 10.2 Å². The van der Waals surface area contributed by atoms with E-state index in [0.717, 1.165) is 6.08 Å². The summed E-state index contributed by atoms with van der Waals surface area (Å²) >= 11 is 0. The molecule has 0 amide bonds. The lowest BCUT2D eigenvalue weighted by molar-refractivity contribution is -0.750. The van der Waals surface area contributed by atoms with E-state index in [9.17, 15) is 20.4 Å². The van der Waals surface area contributed by atoms with Crippen LogP contribution in [0.5, 0.6) is 11.5 Å². The molecule has 10 heteroatoms. The molecule has 30 heavy (non-hydrogen) atoms. The van der Waals surface area contributed by atoms with Gasteiger partial charge in [-0.3, -0.25) is 5.21 Å². The second-order valence-corrected chi connectivity index (χ2v) is 6.04. The number of phenolic OH excluding ortho intramolecular Hbond substituents is 1. The molecule has 0 atom stereocenters. The van der Waals surface area contributed by atoms with Crippen molar-refractivity contribution < 1.29 is 30.1 Å². The Morgan fingerprint density at radius 3 is 2.13 bits per heavy atom. The monoisotopic (exact) mass is 409 g/mol. The van der Waals surface area contributed by atoms with E-state index in [1.165, 1.54) is 24.3 Å². The molecule has 0 saturated heterocycles. The molecular formula is C20H17N4O6+. The molecule has 1 aliphatic carbocycles. The second-order valence-electron chi connectivity index (χ2n) is 6.04. The molecular weight excluding hydrogens is 392 g/mol. The van der Waals surface area contributed by atoms with Gasteiger partial charge in [-0.25, -0.2) is 5.21 Å². The SMILES string of the molecule is COc1ccc(/C(=N/N=C2C=C/C(=[N+](/[O-])O)C=C\2[N+](=O)O)c2ccc(O)cc2)cc1. The van der Waals surface area contributed by atoms with Crippen molar-refractivity contribution in [2.24, 2.45) is 10.2 Å². The van der Waals surface area contributed by atoms with Crippen molar-refractivity contribution >= 4 is 17.1 Å². The molecule has 0 spiro atoms. The number of phenols is 1. The maximum atomic E-state index is 11.5. The third-order valence-corrected chi connectivity index (χ3v) is 4.15. The van der Waals surface area contributed by atoms with Gasteiger partial charge in [0.15, 0.2) is 5.71 Å². The van der Waals surface area contributed by atoms with E-state index in [0.29, 0.717) is 22.6 Å². The van der Waals surface area contributed by atoms with Crippen molar-refractivity contribution in [1.29, 1.82) is 0 Å². The molecule has 0 saturated carbocycles. The van der Waals surface area contributed by atoms with Crippen LogP contribution in [-0.2, 0) is 0 Å². The molecule has 3 N–H and O–H groups in total. The number of allylic oxidation sites excluding steroid dienone is 3. The molecule has 0 unspecified atom stereocenters. The van der Waals surface area contributed by atoms with Gasteiger partial charge >= 0.3 is 5.70 Å². The molecule has 1 aliphatic rings. The quantitative estimate of drug-likeness (QED) is 0.228. The minimum absolute atomic E-state index is 0.0390. The number of hydrogen-bond donors (Lipinski definition) is 3. The third kappa shape index (κ3) is 4.50. The van der Waals surface area contributed by atoms with Crippen LogP contribution in [0.15, 0.2) is 82.7 Å². The Morgan fingerprint density at radius 1 is 1.00 bits per heavy atom. The summed E-state index contributed by atoms with van der Waals surface area (Å²) in [5, 5.41) is 47.2. The van der Waals surface area contributed by atoms with E-state index in [1.807, 2.05) is 0 Å². The summed E-state index contributed by atoms with van der Waals surface area (Å²) in [6.45, 7) is 0. The first-order valence-corrected chi connectivity index (χ1v) is 8.58. The normalized spacial score (nSPS) is 16.9. The highest BCUT2D eigenvalue weighted by molar-refractivity contribution is 6.19. The zero-order valence-electron chi connectivity index (χ0n) is 15.7. The molecule has 0 heterocycles. The smallest absolute Gasteiger partial charge is 0.350 e. The predicted molar refractivity (Wildman–Crippen MR) is 107 cm³/mol. The average molecular weight is 409 g/mol. The number of aromatic hydroxyl groups is 1. The Labute approximate surface area is 170 Å². The predicted octanol–water partition coefficient (Wildman–Crippen LogP) is 2.56. The Kier molecular flexibility index (Phi) is 5.87. The molecule has 2 aromatic rings. The zero-order valence-corrected chi connectivity index (χ0v) is 15.7. The summed E-state index contributed by atoms with van der Waals surface area (Å²) in [5.74, 6) is 0.725. The summed E-state index contributed by atoms with van der Waals surface area (Å²) in [7, 11) is 1.55. The first-order valence-electron chi connectivity index (χ1n) is 8.58. The molecule has 0 bridgehead atoms. The van der Waals surface area contributed by atoms with Crippen LogP contribution in [0.1, 0.15) is 11.1 Å². The van der Waals surface area contributed by atoms with Gasteiger partial charge in [-0.1, -0.05) is 0 Å². The lowest BCUT2D eigenvalue weighted by atomic mass is 10.0. The Balaban J connectivity index is 2.10. The molecule has 152 valence electrons. The molecule has 0 aliphatic heterocycles. The second kappa shape index (κ2) is 8.69. The van der Waals surface area contributed by atoms with E-state index in [4.69, 9.17) is 9.94 Å². The van der Waals surface area contributed by atoms with Crippen LogP contribution in [0.4, 0.5) is 0 Å². The first-order chi connectivity index (χ1) is 14.4. The molecule has 0 fully saturated rings. The molecule has 0 radical (unpaired) electrons. The fourth-order valence-corrected chi connectivity index (χ4v) is 2.62. The molecule has 0 aromatic heterocycles. The largest absolute Gasteiger partial charge is 0.508 e. The summed E-state index contributed by atoms with van der Waals surface area (Å²) in [6, 6.07) is 13.3. The first kappa shape index (κ1) is 20.3.